The van der Waals surface area contributed by atoms with Gasteiger partial charge in [-0.05, 0) is 46.6 Å². The molecular formula is C22H39N7O2. The van der Waals surface area contributed by atoms with Crippen LogP contribution in [0.3, 0.4) is 0 Å². The number of fused-ring (bicyclic) bond motifs is 1. The first-order valence-corrected chi connectivity index (χ1v) is 11.8. The van der Waals surface area contributed by atoms with Crippen molar-refractivity contribution in [3.63, 3.8) is 0 Å². The van der Waals surface area contributed by atoms with Crippen LogP contribution in [0.4, 0.5) is 5.82 Å². The SMILES string of the molecule is CCCC[C@H](C)Oc1nc(N)c2[nH]c(=O)n(CCCCN3CCN(C(C)C)CC3)c2n1. The summed E-state index contributed by atoms with van der Waals surface area (Å²) >= 11 is 0. The number of unbranched alkanes of at least 4 members (excludes halogenated alkanes) is 2. The fraction of sp³-hybridized carbons (Fsp3) is 0.773. The van der Waals surface area contributed by atoms with Gasteiger partial charge in [-0.15, -0.1) is 0 Å². The maximum absolute atomic E-state index is 12.5. The monoisotopic (exact) mass is 433 g/mol. The number of rotatable bonds is 11. The third-order valence-corrected chi connectivity index (χ3v) is 6.14. The molecule has 1 atom stereocenters. The molecule has 0 amide bonds. The maximum atomic E-state index is 12.5. The number of H-pyrrole nitrogens is 1. The lowest BCUT2D eigenvalue weighted by Gasteiger charge is -2.36. The van der Waals surface area contributed by atoms with Crippen molar-refractivity contribution < 1.29 is 4.74 Å². The number of aryl methyl sites for hydroxylation is 1. The molecule has 0 saturated carbocycles. The number of nitrogens with zero attached hydrogens (tertiary/aromatic N) is 5. The number of imidazole rings is 1. The van der Waals surface area contributed by atoms with Crippen LogP contribution in [-0.4, -0.2) is 74.2 Å². The van der Waals surface area contributed by atoms with Crippen molar-refractivity contribution in [2.24, 2.45) is 0 Å². The van der Waals surface area contributed by atoms with E-state index >= 15 is 0 Å². The molecule has 174 valence electrons. The van der Waals surface area contributed by atoms with Crippen LogP contribution < -0.4 is 16.2 Å². The highest BCUT2D eigenvalue weighted by Crippen LogP contribution is 2.19. The van der Waals surface area contributed by atoms with Gasteiger partial charge >= 0.3 is 11.7 Å². The standard InChI is InChI=1S/C22H39N7O2/c1-5-6-9-17(4)31-21-25-19(23)18-20(26-21)29(22(30)24-18)11-8-7-10-27-12-14-28(15-13-27)16(2)3/h16-17H,5-15H2,1-4H3,(H,24,30)(H2,23,25,26)/t17-/m0/s1. The Morgan fingerprint density at radius 3 is 2.45 bits per heavy atom. The Morgan fingerprint density at radius 1 is 1.06 bits per heavy atom. The molecule has 2 aromatic rings. The van der Waals surface area contributed by atoms with Gasteiger partial charge in [-0.3, -0.25) is 9.47 Å². The Hall–Kier alpha value is -2.13. The van der Waals surface area contributed by atoms with Gasteiger partial charge in [0.25, 0.3) is 0 Å². The zero-order valence-electron chi connectivity index (χ0n) is 19.6. The van der Waals surface area contributed by atoms with Crippen molar-refractivity contribution in [1.29, 1.82) is 0 Å². The first-order valence-electron chi connectivity index (χ1n) is 11.8. The number of nitrogens with two attached hydrogens (primary N) is 1. The van der Waals surface area contributed by atoms with Gasteiger partial charge < -0.3 is 20.4 Å². The van der Waals surface area contributed by atoms with E-state index in [2.05, 4.69) is 45.5 Å². The largest absolute Gasteiger partial charge is 0.460 e. The van der Waals surface area contributed by atoms with Crippen LogP contribution in [0.25, 0.3) is 11.2 Å². The van der Waals surface area contributed by atoms with Crippen molar-refractivity contribution in [2.45, 2.75) is 78.5 Å². The summed E-state index contributed by atoms with van der Waals surface area (Å²) in [5.41, 5.74) is 6.90. The van der Waals surface area contributed by atoms with Crippen LogP contribution in [0, 0.1) is 0 Å². The predicted octanol–water partition coefficient (Wildman–Crippen LogP) is 2.47. The van der Waals surface area contributed by atoms with Gasteiger partial charge in [-0.1, -0.05) is 19.8 Å². The average molecular weight is 434 g/mol. The van der Waals surface area contributed by atoms with Crippen LogP contribution in [0.5, 0.6) is 6.01 Å². The number of nitrogens with one attached hydrogen (secondary N) is 1. The second kappa shape index (κ2) is 10.9. The molecule has 0 spiro atoms. The lowest BCUT2D eigenvalue weighted by molar-refractivity contribution is 0.107. The smallest absolute Gasteiger partial charge is 0.327 e. The van der Waals surface area contributed by atoms with Gasteiger partial charge in [0.1, 0.15) is 5.52 Å². The number of hydrogen-bond donors (Lipinski definition) is 2. The number of aromatic nitrogens is 4. The molecule has 3 N–H and O–H groups in total. The summed E-state index contributed by atoms with van der Waals surface area (Å²) in [7, 11) is 0. The van der Waals surface area contributed by atoms with Crippen molar-refractivity contribution in [2.75, 3.05) is 38.5 Å². The van der Waals surface area contributed by atoms with Gasteiger partial charge in [0.2, 0.25) is 0 Å². The number of aromatic amines is 1. The molecule has 1 aliphatic heterocycles. The highest BCUT2D eigenvalue weighted by molar-refractivity contribution is 5.81. The van der Waals surface area contributed by atoms with Crippen molar-refractivity contribution in [1.82, 2.24) is 29.3 Å². The summed E-state index contributed by atoms with van der Waals surface area (Å²) in [5, 5.41) is 0. The van der Waals surface area contributed by atoms with E-state index in [-0.39, 0.29) is 23.6 Å². The van der Waals surface area contributed by atoms with Crippen LogP contribution >= 0.6 is 0 Å². The summed E-state index contributed by atoms with van der Waals surface area (Å²) in [6, 6.07) is 0.859. The summed E-state index contributed by atoms with van der Waals surface area (Å²) in [6.07, 6.45) is 5.08. The first-order chi connectivity index (χ1) is 14.9. The summed E-state index contributed by atoms with van der Waals surface area (Å²) in [6.45, 7) is 14.8. The zero-order chi connectivity index (χ0) is 22.4. The van der Waals surface area contributed by atoms with E-state index in [4.69, 9.17) is 10.5 Å². The highest BCUT2D eigenvalue weighted by atomic mass is 16.5. The average Bonchev–Trinajstić information content (AvgIpc) is 3.06. The molecule has 0 unspecified atom stereocenters. The Bertz CT molecular complexity index is 884. The lowest BCUT2D eigenvalue weighted by atomic mass is 10.2. The fourth-order valence-electron chi connectivity index (χ4n) is 4.13. The van der Waals surface area contributed by atoms with Crippen LogP contribution in [0.15, 0.2) is 4.79 Å². The predicted molar refractivity (Wildman–Crippen MR) is 125 cm³/mol. The molecule has 9 heteroatoms. The van der Waals surface area contributed by atoms with Gasteiger partial charge in [0, 0.05) is 38.8 Å². The minimum Gasteiger partial charge on any atom is -0.460 e. The van der Waals surface area contributed by atoms with E-state index in [1.807, 2.05) is 6.92 Å². The molecule has 0 bridgehead atoms. The zero-order valence-corrected chi connectivity index (χ0v) is 19.6. The number of hydrogen-bond acceptors (Lipinski definition) is 7. The number of piperazine rings is 1. The number of nitrogen functional groups attached to an aromatic ring is 1. The molecule has 3 rings (SSSR count). The Labute approximate surface area is 185 Å². The molecule has 1 fully saturated rings. The van der Waals surface area contributed by atoms with E-state index < -0.39 is 0 Å². The van der Waals surface area contributed by atoms with E-state index in [1.54, 1.807) is 4.57 Å². The van der Waals surface area contributed by atoms with Crippen molar-refractivity contribution in [3.8, 4) is 6.01 Å². The van der Waals surface area contributed by atoms with Crippen molar-refractivity contribution >= 4 is 17.0 Å². The molecular weight excluding hydrogens is 394 g/mol. The van der Waals surface area contributed by atoms with Crippen molar-refractivity contribution in [3.05, 3.63) is 10.5 Å². The normalized spacial score (nSPS) is 16.9. The number of ether oxygens (including phenoxy) is 1. The van der Waals surface area contributed by atoms with E-state index in [1.165, 1.54) is 0 Å². The second-order valence-corrected chi connectivity index (χ2v) is 8.92. The molecule has 1 saturated heterocycles. The second-order valence-electron chi connectivity index (χ2n) is 8.92. The van der Waals surface area contributed by atoms with E-state index in [0.717, 1.165) is 64.8 Å². The van der Waals surface area contributed by atoms with Gasteiger partial charge in [-0.25, -0.2) is 4.79 Å². The lowest BCUT2D eigenvalue weighted by Crippen LogP contribution is -2.48. The van der Waals surface area contributed by atoms with Gasteiger partial charge in [-0.2, -0.15) is 9.97 Å². The molecule has 1 aliphatic rings. The van der Waals surface area contributed by atoms with E-state index in [9.17, 15) is 4.79 Å². The van der Waals surface area contributed by atoms with Crippen LogP contribution in [-0.2, 0) is 6.54 Å². The van der Waals surface area contributed by atoms with Gasteiger partial charge in [0.05, 0.1) is 6.10 Å². The van der Waals surface area contributed by atoms with Gasteiger partial charge in [0.15, 0.2) is 11.5 Å². The Balaban J connectivity index is 1.57. The molecule has 3 heterocycles. The summed E-state index contributed by atoms with van der Waals surface area (Å²) in [5.74, 6) is 0.251. The molecule has 0 aliphatic carbocycles. The molecule has 0 aromatic carbocycles. The minimum absolute atomic E-state index is 0.00655. The third kappa shape index (κ3) is 6.20. The molecule has 31 heavy (non-hydrogen) atoms. The summed E-state index contributed by atoms with van der Waals surface area (Å²) in [4.78, 5) is 29.1. The quantitative estimate of drug-likeness (QED) is 0.524. The number of anilines is 1. The summed E-state index contributed by atoms with van der Waals surface area (Å²) < 4.78 is 7.52. The van der Waals surface area contributed by atoms with E-state index in [0.29, 0.717) is 23.8 Å². The Morgan fingerprint density at radius 2 is 1.77 bits per heavy atom. The highest BCUT2D eigenvalue weighted by Gasteiger charge is 2.19. The minimum atomic E-state index is -0.197. The molecule has 0 radical (unpaired) electrons. The van der Waals surface area contributed by atoms with Crippen LogP contribution in [0.2, 0.25) is 0 Å². The maximum Gasteiger partial charge on any atom is 0.327 e. The Kier molecular flexibility index (Phi) is 8.31. The first kappa shape index (κ1) is 23.5. The fourth-order valence-corrected chi connectivity index (χ4v) is 4.13. The van der Waals surface area contributed by atoms with Crippen LogP contribution in [0.1, 0.15) is 59.8 Å². The molecule has 2 aromatic heterocycles. The molecule has 9 nitrogen and oxygen atoms in total. The topological polar surface area (TPSA) is 105 Å². The third-order valence-electron chi connectivity index (χ3n) is 6.14.